The van der Waals surface area contributed by atoms with E-state index in [1.54, 1.807) is 0 Å². The molecule has 1 saturated heterocycles. The summed E-state index contributed by atoms with van der Waals surface area (Å²) in [6, 6.07) is 0. The fourth-order valence-corrected chi connectivity index (χ4v) is 1.75. The van der Waals surface area contributed by atoms with Gasteiger partial charge in [-0.1, -0.05) is 0 Å². The highest BCUT2D eigenvalue weighted by Gasteiger charge is 2.50. The minimum Gasteiger partial charge on any atom is -0.394 e. The van der Waals surface area contributed by atoms with E-state index >= 15 is 0 Å². The Balaban J connectivity index is 2.71. The van der Waals surface area contributed by atoms with Crippen LogP contribution in [0.15, 0.2) is 0 Å². The second-order valence-corrected chi connectivity index (χ2v) is 4.55. The summed E-state index contributed by atoms with van der Waals surface area (Å²) in [4.78, 5) is 25.8. The first-order valence-corrected chi connectivity index (χ1v) is 5.89. The molecule has 1 fully saturated rings. The van der Waals surface area contributed by atoms with Crippen LogP contribution in [-0.4, -0.2) is 72.4 Å². The van der Waals surface area contributed by atoms with Gasteiger partial charge in [-0.2, -0.15) is 14.7 Å². The molecule has 1 aliphatic heterocycles. The highest BCUT2D eigenvalue weighted by atomic mass is 31.2. The molecule has 9 nitrogen and oxygen atoms in total. The van der Waals surface area contributed by atoms with Gasteiger partial charge in [0.2, 0.25) is 6.29 Å². The van der Waals surface area contributed by atoms with Crippen LogP contribution < -0.4 is 0 Å². The SMILES string of the molecule is OCC1O[C@H](O[P+](O)(O)O)C(O)C(O)[C@@H]1O. The topological polar surface area (TPSA) is 160 Å². The molecular formula is C6H14O9P+. The molecule has 1 rings (SSSR count). The van der Waals surface area contributed by atoms with Crippen molar-refractivity contribution in [3.8, 4) is 0 Å². The zero-order chi connectivity index (χ0) is 12.5. The average molecular weight is 261 g/mol. The Labute approximate surface area is 90.8 Å². The molecule has 1 aliphatic rings. The summed E-state index contributed by atoms with van der Waals surface area (Å²) in [6.07, 6.45) is -8.08. The minimum absolute atomic E-state index is 0.682. The molecule has 0 aromatic heterocycles. The number of aliphatic hydroxyl groups is 4. The van der Waals surface area contributed by atoms with Crippen LogP contribution in [0.1, 0.15) is 0 Å². The lowest BCUT2D eigenvalue weighted by Gasteiger charge is -2.38. The van der Waals surface area contributed by atoms with Gasteiger partial charge in [0.25, 0.3) is 0 Å². The maximum Gasteiger partial charge on any atom is 0.570 e. The van der Waals surface area contributed by atoms with Crippen molar-refractivity contribution in [1.82, 2.24) is 0 Å². The fourth-order valence-electron chi connectivity index (χ4n) is 1.29. The first-order chi connectivity index (χ1) is 7.26. The Morgan fingerprint density at radius 2 is 1.56 bits per heavy atom. The lowest BCUT2D eigenvalue weighted by molar-refractivity contribution is -0.282. The predicted octanol–water partition coefficient (Wildman–Crippen LogP) is -3.54. The van der Waals surface area contributed by atoms with Gasteiger partial charge in [0, 0.05) is 0 Å². The summed E-state index contributed by atoms with van der Waals surface area (Å²) in [5.41, 5.74) is 0. The van der Waals surface area contributed by atoms with Crippen molar-refractivity contribution in [2.75, 3.05) is 6.61 Å². The summed E-state index contributed by atoms with van der Waals surface area (Å²) in [7, 11) is -4.66. The van der Waals surface area contributed by atoms with Gasteiger partial charge in [-0.3, -0.25) is 0 Å². The molecule has 16 heavy (non-hydrogen) atoms. The van der Waals surface area contributed by atoms with E-state index in [9.17, 15) is 15.3 Å². The molecule has 0 aliphatic carbocycles. The van der Waals surface area contributed by atoms with Crippen LogP contribution in [0.25, 0.3) is 0 Å². The van der Waals surface area contributed by atoms with E-state index in [1.165, 1.54) is 0 Å². The van der Waals surface area contributed by atoms with E-state index in [2.05, 4.69) is 4.52 Å². The first kappa shape index (κ1) is 14.1. The molecular weight excluding hydrogens is 247 g/mol. The molecule has 0 bridgehead atoms. The van der Waals surface area contributed by atoms with E-state index in [1.807, 2.05) is 0 Å². The third-order valence-corrected chi connectivity index (χ3v) is 2.58. The van der Waals surface area contributed by atoms with Crippen molar-refractivity contribution in [3.05, 3.63) is 0 Å². The van der Waals surface area contributed by atoms with Crippen LogP contribution in [0, 0.1) is 0 Å². The second kappa shape index (κ2) is 5.15. The van der Waals surface area contributed by atoms with Crippen molar-refractivity contribution in [2.24, 2.45) is 0 Å². The van der Waals surface area contributed by atoms with Crippen molar-refractivity contribution < 1.29 is 44.4 Å². The lowest BCUT2D eigenvalue weighted by atomic mass is 10.00. The summed E-state index contributed by atoms with van der Waals surface area (Å²) < 4.78 is 8.89. The zero-order valence-electron chi connectivity index (χ0n) is 7.99. The van der Waals surface area contributed by atoms with Crippen LogP contribution >= 0.6 is 8.17 Å². The average Bonchev–Trinajstić information content (AvgIpc) is 2.17. The van der Waals surface area contributed by atoms with Crippen molar-refractivity contribution >= 4 is 8.17 Å². The number of hydrogen-bond acceptors (Lipinski definition) is 9. The largest absolute Gasteiger partial charge is 0.570 e. The van der Waals surface area contributed by atoms with Crippen molar-refractivity contribution in [3.63, 3.8) is 0 Å². The first-order valence-electron chi connectivity index (χ1n) is 4.32. The maximum absolute atomic E-state index is 9.33. The van der Waals surface area contributed by atoms with Crippen LogP contribution in [0.3, 0.4) is 0 Å². The van der Waals surface area contributed by atoms with Gasteiger partial charge >= 0.3 is 8.17 Å². The van der Waals surface area contributed by atoms with Gasteiger partial charge in [0.15, 0.2) is 0 Å². The Morgan fingerprint density at radius 1 is 1.00 bits per heavy atom. The Bertz CT molecular complexity index is 229. The van der Waals surface area contributed by atoms with Gasteiger partial charge in [-0.25, -0.2) is 0 Å². The number of rotatable bonds is 3. The zero-order valence-corrected chi connectivity index (χ0v) is 8.88. The molecule has 0 aromatic carbocycles. The predicted molar refractivity (Wildman–Crippen MR) is 48.4 cm³/mol. The third-order valence-electron chi connectivity index (χ3n) is 2.09. The highest BCUT2D eigenvalue weighted by molar-refractivity contribution is 7.53. The van der Waals surface area contributed by atoms with Gasteiger partial charge in [0.05, 0.1) is 6.61 Å². The molecule has 5 atom stereocenters. The molecule has 0 radical (unpaired) electrons. The molecule has 7 N–H and O–H groups in total. The van der Waals surface area contributed by atoms with Crippen molar-refractivity contribution in [2.45, 2.75) is 30.7 Å². The normalized spacial score (nSPS) is 41.1. The van der Waals surface area contributed by atoms with E-state index in [0.29, 0.717) is 0 Å². The monoisotopic (exact) mass is 261 g/mol. The maximum atomic E-state index is 9.33. The quantitative estimate of drug-likeness (QED) is 0.255. The molecule has 10 heteroatoms. The number of aliphatic hydroxyl groups excluding tert-OH is 4. The van der Waals surface area contributed by atoms with Gasteiger partial charge in [-0.05, 0) is 0 Å². The Hall–Kier alpha value is 0.0700. The summed E-state index contributed by atoms with van der Waals surface area (Å²) in [5.74, 6) is 0. The van der Waals surface area contributed by atoms with Crippen LogP contribution in [-0.2, 0) is 9.26 Å². The van der Waals surface area contributed by atoms with Gasteiger partial charge in [-0.15, -0.1) is 4.52 Å². The standard InChI is InChI=1S/C6H14O9P/c7-1-2-3(8)4(9)5(10)6(14-2)15-16(11,12)13/h2-13H,1H2/q+1/t2?,3-,4?,5?,6-/m1/s1. The molecule has 0 aromatic rings. The minimum atomic E-state index is -4.66. The molecule has 3 unspecified atom stereocenters. The summed E-state index contributed by atoms with van der Waals surface area (Å²) >= 11 is 0. The van der Waals surface area contributed by atoms with Gasteiger partial charge < -0.3 is 25.2 Å². The Kier molecular flexibility index (Phi) is 4.55. The Morgan fingerprint density at radius 3 is 2.00 bits per heavy atom. The van der Waals surface area contributed by atoms with E-state index < -0.39 is 45.5 Å². The van der Waals surface area contributed by atoms with E-state index in [-0.39, 0.29) is 0 Å². The lowest BCUT2D eigenvalue weighted by Crippen LogP contribution is -2.59. The molecule has 1 heterocycles. The van der Waals surface area contributed by atoms with E-state index in [0.717, 1.165) is 0 Å². The molecule has 96 valence electrons. The smallest absolute Gasteiger partial charge is 0.394 e. The van der Waals surface area contributed by atoms with Gasteiger partial charge in [0.1, 0.15) is 24.4 Å². The molecule has 0 saturated carbocycles. The molecule has 0 spiro atoms. The fraction of sp³-hybridized carbons (Fsp3) is 1.00. The van der Waals surface area contributed by atoms with Crippen molar-refractivity contribution in [1.29, 1.82) is 0 Å². The van der Waals surface area contributed by atoms with Crippen LogP contribution in [0.5, 0.6) is 0 Å². The second-order valence-electron chi connectivity index (χ2n) is 3.32. The third kappa shape index (κ3) is 3.28. The van der Waals surface area contributed by atoms with Crippen LogP contribution in [0.2, 0.25) is 0 Å². The number of hydrogen-bond donors (Lipinski definition) is 7. The highest BCUT2D eigenvalue weighted by Crippen LogP contribution is 2.48. The molecule has 0 amide bonds. The summed E-state index contributed by atoms with van der Waals surface area (Å²) in [6.45, 7) is -0.682. The summed E-state index contributed by atoms with van der Waals surface area (Å²) in [5, 5.41) is 36.7. The van der Waals surface area contributed by atoms with E-state index in [4.69, 9.17) is 24.5 Å². The number of ether oxygens (including phenoxy) is 1. The van der Waals surface area contributed by atoms with Crippen LogP contribution in [0.4, 0.5) is 0 Å².